The minimum atomic E-state index is 0.597. The van der Waals surface area contributed by atoms with E-state index in [-0.39, 0.29) is 0 Å². The predicted molar refractivity (Wildman–Crippen MR) is 83.0 cm³/mol. The van der Waals surface area contributed by atoms with Crippen LogP contribution in [0.15, 0.2) is 24.3 Å². The van der Waals surface area contributed by atoms with Gasteiger partial charge >= 0.3 is 0 Å². The highest BCUT2D eigenvalue weighted by atomic mass is 16.5. The first kappa shape index (κ1) is 16.0. The summed E-state index contributed by atoms with van der Waals surface area (Å²) in [4.78, 5) is 0. The van der Waals surface area contributed by atoms with E-state index in [1.54, 1.807) is 0 Å². The lowest BCUT2D eigenvalue weighted by Gasteiger charge is -2.14. The van der Waals surface area contributed by atoms with Gasteiger partial charge in [0.05, 0.1) is 6.61 Å². The van der Waals surface area contributed by atoms with Crippen molar-refractivity contribution in [2.75, 3.05) is 19.7 Å². The van der Waals surface area contributed by atoms with Gasteiger partial charge in [-0.25, -0.2) is 0 Å². The van der Waals surface area contributed by atoms with E-state index in [2.05, 4.69) is 57.3 Å². The Morgan fingerprint density at radius 1 is 1.11 bits per heavy atom. The van der Waals surface area contributed by atoms with E-state index in [0.717, 1.165) is 37.8 Å². The van der Waals surface area contributed by atoms with Gasteiger partial charge < -0.3 is 10.1 Å². The maximum absolute atomic E-state index is 5.60. The molecular formula is C17H29NO. The molecule has 1 N–H and O–H groups in total. The van der Waals surface area contributed by atoms with E-state index >= 15 is 0 Å². The highest BCUT2D eigenvalue weighted by molar-refractivity contribution is 5.29. The first-order valence-corrected chi connectivity index (χ1v) is 7.57. The minimum Gasteiger partial charge on any atom is -0.494 e. The van der Waals surface area contributed by atoms with Crippen LogP contribution in [0.5, 0.6) is 5.75 Å². The summed E-state index contributed by atoms with van der Waals surface area (Å²) in [5.41, 5.74) is 1.40. The zero-order valence-corrected chi connectivity index (χ0v) is 12.9. The molecule has 0 bridgehead atoms. The molecule has 0 aromatic heterocycles. The maximum Gasteiger partial charge on any atom is 0.119 e. The Labute approximate surface area is 118 Å². The van der Waals surface area contributed by atoms with Crippen molar-refractivity contribution in [2.45, 2.75) is 46.5 Å². The molecule has 0 amide bonds. The van der Waals surface area contributed by atoms with E-state index in [0.29, 0.717) is 5.92 Å². The van der Waals surface area contributed by atoms with Gasteiger partial charge in [0.25, 0.3) is 0 Å². The Kier molecular flexibility index (Phi) is 7.57. The lowest BCUT2D eigenvalue weighted by molar-refractivity contribution is 0.317. The van der Waals surface area contributed by atoms with E-state index in [1.165, 1.54) is 12.0 Å². The zero-order chi connectivity index (χ0) is 14.1. The number of benzene rings is 1. The molecule has 19 heavy (non-hydrogen) atoms. The fourth-order valence-corrected chi connectivity index (χ4v) is 1.99. The SMILES string of the molecule is CCCOc1ccc(C(C)CCNCC(C)C)cc1. The number of hydrogen-bond donors (Lipinski definition) is 1. The summed E-state index contributed by atoms with van der Waals surface area (Å²) in [5, 5.41) is 3.50. The summed E-state index contributed by atoms with van der Waals surface area (Å²) in [6.07, 6.45) is 2.24. The summed E-state index contributed by atoms with van der Waals surface area (Å²) < 4.78 is 5.60. The van der Waals surface area contributed by atoms with Crippen molar-refractivity contribution in [1.82, 2.24) is 5.32 Å². The molecule has 1 unspecified atom stereocenters. The monoisotopic (exact) mass is 263 g/mol. The highest BCUT2D eigenvalue weighted by Gasteiger charge is 2.05. The smallest absolute Gasteiger partial charge is 0.119 e. The third-order valence-electron chi connectivity index (χ3n) is 3.23. The number of rotatable bonds is 9. The second-order valence-electron chi connectivity index (χ2n) is 5.71. The Morgan fingerprint density at radius 2 is 1.79 bits per heavy atom. The summed E-state index contributed by atoms with van der Waals surface area (Å²) in [5.74, 6) is 2.31. The molecule has 0 aliphatic heterocycles. The number of hydrogen-bond acceptors (Lipinski definition) is 2. The van der Waals surface area contributed by atoms with Crippen LogP contribution in [0.1, 0.15) is 52.0 Å². The molecule has 1 aromatic rings. The fourth-order valence-electron chi connectivity index (χ4n) is 1.99. The molecule has 1 rings (SSSR count). The van der Waals surface area contributed by atoms with Gasteiger partial charge in [0, 0.05) is 0 Å². The quantitative estimate of drug-likeness (QED) is 0.674. The first-order valence-electron chi connectivity index (χ1n) is 7.57. The van der Waals surface area contributed by atoms with Gasteiger partial charge in [-0.1, -0.05) is 39.8 Å². The van der Waals surface area contributed by atoms with Crippen molar-refractivity contribution in [2.24, 2.45) is 5.92 Å². The molecule has 0 aliphatic carbocycles. The van der Waals surface area contributed by atoms with E-state index < -0.39 is 0 Å². The van der Waals surface area contributed by atoms with Gasteiger partial charge in [0.2, 0.25) is 0 Å². The van der Waals surface area contributed by atoms with Crippen LogP contribution in [-0.4, -0.2) is 19.7 Å². The van der Waals surface area contributed by atoms with Crippen LogP contribution in [0.4, 0.5) is 0 Å². The van der Waals surface area contributed by atoms with Crippen LogP contribution in [0.3, 0.4) is 0 Å². The Balaban J connectivity index is 2.33. The molecule has 0 spiro atoms. The van der Waals surface area contributed by atoms with E-state index in [1.807, 2.05) is 0 Å². The van der Waals surface area contributed by atoms with Crippen LogP contribution in [-0.2, 0) is 0 Å². The molecule has 0 saturated heterocycles. The van der Waals surface area contributed by atoms with Gasteiger partial charge in [0.1, 0.15) is 5.75 Å². The summed E-state index contributed by atoms with van der Waals surface area (Å²) >= 11 is 0. The molecule has 2 heteroatoms. The lowest BCUT2D eigenvalue weighted by atomic mass is 9.98. The molecular weight excluding hydrogens is 234 g/mol. The van der Waals surface area contributed by atoms with E-state index in [9.17, 15) is 0 Å². The van der Waals surface area contributed by atoms with Crippen molar-refractivity contribution >= 4 is 0 Å². The third-order valence-corrected chi connectivity index (χ3v) is 3.23. The van der Waals surface area contributed by atoms with Gasteiger partial charge in [-0.3, -0.25) is 0 Å². The Hall–Kier alpha value is -1.02. The normalized spacial score (nSPS) is 12.7. The second kappa shape index (κ2) is 8.98. The minimum absolute atomic E-state index is 0.597. The van der Waals surface area contributed by atoms with Crippen molar-refractivity contribution in [1.29, 1.82) is 0 Å². The molecule has 0 radical (unpaired) electrons. The maximum atomic E-state index is 5.60. The van der Waals surface area contributed by atoms with Crippen molar-refractivity contribution < 1.29 is 4.74 Å². The Bertz CT molecular complexity index is 332. The van der Waals surface area contributed by atoms with Crippen molar-refractivity contribution in [3.05, 3.63) is 29.8 Å². The molecule has 0 heterocycles. The fraction of sp³-hybridized carbons (Fsp3) is 0.647. The lowest BCUT2D eigenvalue weighted by Crippen LogP contribution is -2.21. The first-order chi connectivity index (χ1) is 9.13. The van der Waals surface area contributed by atoms with Crippen molar-refractivity contribution in [3.8, 4) is 5.75 Å². The molecule has 1 aromatic carbocycles. The van der Waals surface area contributed by atoms with Crippen LogP contribution in [0.25, 0.3) is 0 Å². The summed E-state index contributed by atoms with van der Waals surface area (Å²) in [7, 11) is 0. The third kappa shape index (κ3) is 6.63. The summed E-state index contributed by atoms with van der Waals surface area (Å²) in [6, 6.07) is 8.56. The number of ether oxygens (including phenoxy) is 1. The molecule has 0 aliphatic rings. The largest absolute Gasteiger partial charge is 0.494 e. The standard InChI is InChI=1S/C17H29NO/c1-5-12-19-17-8-6-16(7-9-17)15(4)10-11-18-13-14(2)3/h6-9,14-15,18H,5,10-13H2,1-4H3. The van der Waals surface area contributed by atoms with Gasteiger partial charge in [-0.15, -0.1) is 0 Å². The zero-order valence-electron chi connectivity index (χ0n) is 12.9. The van der Waals surface area contributed by atoms with Gasteiger partial charge in [0.15, 0.2) is 0 Å². The number of nitrogens with one attached hydrogen (secondary N) is 1. The van der Waals surface area contributed by atoms with Crippen LogP contribution < -0.4 is 10.1 Å². The van der Waals surface area contributed by atoms with Crippen LogP contribution in [0.2, 0.25) is 0 Å². The molecule has 1 atom stereocenters. The predicted octanol–water partition coefficient (Wildman–Crippen LogP) is 4.21. The van der Waals surface area contributed by atoms with Gasteiger partial charge in [-0.05, 0) is 55.5 Å². The molecule has 0 saturated carbocycles. The van der Waals surface area contributed by atoms with Gasteiger partial charge in [-0.2, -0.15) is 0 Å². The van der Waals surface area contributed by atoms with Crippen LogP contribution in [0, 0.1) is 5.92 Å². The Morgan fingerprint density at radius 3 is 2.37 bits per heavy atom. The second-order valence-corrected chi connectivity index (χ2v) is 5.71. The topological polar surface area (TPSA) is 21.3 Å². The summed E-state index contributed by atoms with van der Waals surface area (Å²) in [6.45, 7) is 11.9. The molecule has 0 fully saturated rings. The van der Waals surface area contributed by atoms with Crippen LogP contribution >= 0.6 is 0 Å². The van der Waals surface area contributed by atoms with Crippen molar-refractivity contribution in [3.63, 3.8) is 0 Å². The molecule has 2 nitrogen and oxygen atoms in total. The molecule has 108 valence electrons. The highest BCUT2D eigenvalue weighted by Crippen LogP contribution is 2.21. The average molecular weight is 263 g/mol. The average Bonchev–Trinajstić information content (AvgIpc) is 2.41. The van der Waals surface area contributed by atoms with E-state index in [4.69, 9.17) is 4.74 Å².